The SMILES string of the molecule is Cc1ccc(O)c(CCC(=O)c2ccccc2)c1. The molecular weight excluding hydrogens is 224 g/mol. The molecular formula is C16H16O2. The molecule has 0 aliphatic rings. The fourth-order valence-electron chi connectivity index (χ4n) is 1.93. The zero-order chi connectivity index (χ0) is 13.0. The monoisotopic (exact) mass is 240 g/mol. The van der Waals surface area contributed by atoms with E-state index in [9.17, 15) is 9.90 Å². The van der Waals surface area contributed by atoms with E-state index in [-0.39, 0.29) is 11.5 Å². The van der Waals surface area contributed by atoms with Gasteiger partial charge in [0.2, 0.25) is 0 Å². The maximum atomic E-state index is 11.9. The summed E-state index contributed by atoms with van der Waals surface area (Å²) in [5.41, 5.74) is 2.65. The molecule has 0 amide bonds. The van der Waals surface area contributed by atoms with Crippen LogP contribution < -0.4 is 0 Å². The molecule has 0 unspecified atom stereocenters. The van der Waals surface area contributed by atoms with E-state index in [1.165, 1.54) is 0 Å². The van der Waals surface area contributed by atoms with E-state index in [4.69, 9.17) is 0 Å². The molecule has 0 bridgehead atoms. The van der Waals surface area contributed by atoms with Gasteiger partial charge in [0.05, 0.1) is 0 Å². The number of carbonyl (C=O) groups is 1. The Morgan fingerprint density at radius 3 is 2.56 bits per heavy atom. The minimum atomic E-state index is 0.108. The number of hydrogen-bond donors (Lipinski definition) is 1. The van der Waals surface area contributed by atoms with E-state index in [0.29, 0.717) is 12.8 Å². The van der Waals surface area contributed by atoms with E-state index in [0.717, 1.165) is 16.7 Å². The van der Waals surface area contributed by atoms with Crippen LogP contribution in [0.25, 0.3) is 0 Å². The number of benzene rings is 2. The molecule has 2 nitrogen and oxygen atoms in total. The Labute approximate surface area is 107 Å². The van der Waals surface area contributed by atoms with Crippen molar-refractivity contribution in [3.05, 3.63) is 65.2 Å². The second-order valence-corrected chi connectivity index (χ2v) is 4.42. The molecule has 0 heterocycles. The molecule has 0 spiro atoms. The van der Waals surface area contributed by atoms with Gasteiger partial charge in [0.1, 0.15) is 5.75 Å². The average molecular weight is 240 g/mol. The number of aromatic hydroxyl groups is 1. The zero-order valence-corrected chi connectivity index (χ0v) is 10.4. The lowest BCUT2D eigenvalue weighted by molar-refractivity contribution is 0.0982. The van der Waals surface area contributed by atoms with Gasteiger partial charge in [-0.1, -0.05) is 48.0 Å². The van der Waals surface area contributed by atoms with Gasteiger partial charge in [-0.3, -0.25) is 4.79 Å². The Morgan fingerprint density at radius 1 is 1.11 bits per heavy atom. The lowest BCUT2D eigenvalue weighted by Gasteiger charge is -2.05. The molecule has 0 saturated carbocycles. The second kappa shape index (κ2) is 5.50. The molecule has 0 fully saturated rings. The van der Waals surface area contributed by atoms with Crippen molar-refractivity contribution >= 4 is 5.78 Å². The Morgan fingerprint density at radius 2 is 1.83 bits per heavy atom. The van der Waals surface area contributed by atoms with Gasteiger partial charge >= 0.3 is 0 Å². The molecule has 2 aromatic rings. The highest BCUT2D eigenvalue weighted by molar-refractivity contribution is 5.96. The van der Waals surface area contributed by atoms with Crippen LogP contribution in [0.4, 0.5) is 0 Å². The van der Waals surface area contributed by atoms with E-state index in [1.807, 2.05) is 49.4 Å². The molecule has 0 aliphatic carbocycles. The van der Waals surface area contributed by atoms with Crippen molar-refractivity contribution in [2.45, 2.75) is 19.8 Å². The Hall–Kier alpha value is -2.09. The van der Waals surface area contributed by atoms with E-state index < -0.39 is 0 Å². The first kappa shape index (κ1) is 12.4. The largest absolute Gasteiger partial charge is 0.508 e. The summed E-state index contributed by atoms with van der Waals surface area (Å²) in [7, 11) is 0. The molecule has 0 saturated heterocycles. The molecule has 2 aromatic carbocycles. The number of phenols is 1. The fourth-order valence-corrected chi connectivity index (χ4v) is 1.93. The van der Waals surface area contributed by atoms with Gasteiger partial charge < -0.3 is 5.11 Å². The third-order valence-electron chi connectivity index (χ3n) is 2.95. The smallest absolute Gasteiger partial charge is 0.163 e. The number of hydrogen-bond acceptors (Lipinski definition) is 2. The summed E-state index contributed by atoms with van der Waals surface area (Å²) in [4.78, 5) is 11.9. The minimum Gasteiger partial charge on any atom is -0.508 e. The Bertz CT molecular complexity index is 544. The molecule has 18 heavy (non-hydrogen) atoms. The average Bonchev–Trinajstić information content (AvgIpc) is 2.40. The molecule has 92 valence electrons. The molecule has 0 radical (unpaired) electrons. The van der Waals surface area contributed by atoms with E-state index in [2.05, 4.69) is 0 Å². The second-order valence-electron chi connectivity index (χ2n) is 4.42. The van der Waals surface area contributed by atoms with Crippen LogP contribution in [0, 0.1) is 6.92 Å². The van der Waals surface area contributed by atoms with Crippen molar-refractivity contribution in [3.63, 3.8) is 0 Å². The van der Waals surface area contributed by atoms with E-state index in [1.54, 1.807) is 6.07 Å². The van der Waals surface area contributed by atoms with E-state index >= 15 is 0 Å². The molecule has 0 aliphatic heterocycles. The van der Waals surface area contributed by atoms with Crippen molar-refractivity contribution in [2.75, 3.05) is 0 Å². The Balaban J connectivity index is 2.04. The normalized spacial score (nSPS) is 10.3. The number of ketones is 1. The molecule has 1 N–H and O–H groups in total. The third-order valence-corrected chi connectivity index (χ3v) is 2.95. The van der Waals surface area contributed by atoms with Gasteiger partial charge in [0, 0.05) is 12.0 Å². The molecule has 0 atom stereocenters. The Kier molecular flexibility index (Phi) is 3.78. The number of rotatable bonds is 4. The third kappa shape index (κ3) is 2.98. The van der Waals surface area contributed by atoms with Crippen LogP contribution >= 0.6 is 0 Å². The summed E-state index contributed by atoms with van der Waals surface area (Å²) in [6.45, 7) is 1.97. The van der Waals surface area contributed by atoms with Crippen LogP contribution in [0.3, 0.4) is 0 Å². The maximum Gasteiger partial charge on any atom is 0.163 e. The summed E-state index contributed by atoms with van der Waals surface area (Å²) in [5, 5.41) is 9.71. The summed E-state index contributed by atoms with van der Waals surface area (Å²) in [6, 6.07) is 14.7. The predicted molar refractivity (Wildman–Crippen MR) is 71.9 cm³/mol. The molecule has 2 rings (SSSR count). The summed E-state index contributed by atoms with van der Waals surface area (Å²) in [6.07, 6.45) is 0.988. The predicted octanol–water partition coefficient (Wildman–Crippen LogP) is 3.52. The zero-order valence-electron chi connectivity index (χ0n) is 10.4. The summed E-state index contributed by atoms with van der Waals surface area (Å²) >= 11 is 0. The summed E-state index contributed by atoms with van der Waals surface area (Å²) < 4.78 is 0. The van der Waals surface area contributed by atoms with Gasteiger partial charge in [-0.15, -0.1) is 0 Å². The van der Waals surface area contributed by atoms with Crippen molar-refractivity contribution in [1.29, 1.82) is 0 Å². The van der Waals surface area contributed by atoms with Crippen LogP contribution in [0.2, 0.25) is 0 Å². The van der Waals surface area contributed by atoms with Crippen molar-refractivity contribution in [2.24, 2.45) is 0 Å². The van der Waals surface area contributed by atoms with Crippen LogP contribution in [0.1, 0.15) is 27.9 Å². The quantitative estimate of drug-likeness (QED) is 0.830. The van der Waals surface area contributed by atoms with Crippen LogP contribution in [-0.4, -0.2) is 10.9 Å². The van der Waals surface area contributed by atoms with Crippen LogP contribution in [0.15, 0.2) is 48.5 Å². The van der Waals surface area contributed by atoms with Crippen molar-refractivity contribution in [3.8, 4) is 5.75 Å². The standard InChI is InChI=1S/C16H16O2/c1-12-7-9-16(18)14(11-12)8-10-15(17)13-5-3-2-4-6-13/h2-7,9,11,18H,8,10H2,1H3. The van der Waals surface area contributed by atoms with Gasteiger partial charge in [-0.25, -0.2) is 0 Å². The number of phenolic OH excluding ortho intramolecular Hbond substituents is 1. The van der Waals surface area contributed by atoms with Gasteiger partial charge in [0.25, 0.3) is 0 Å². The van der Waals surface area contributed by atoms with Gasteiger partial charge in [0.15, 0.2) is 5.78 Å². The molecule has 2 heteroatoms. The lowest BCUT2D eigenvalue weighted by atomic mass is 10.0. The first-order valence-electron chi connectivity index (χ1n) is 6.03. The first-order chi connectivity index (χ1) is 8.66. The fraction of sp³-hybridized carbons (Fsp3) is 0.188. The van der Waals surface area contributed by atoms with Crippen molar-refractivity contribution < 1.29 is 9.90 Å². The minimum absolute atomic E-state index is 0.108. The number of Topliss-reactive ketones (excluding diaryl/α,β-unsaturated/α-hetero) is 1. The topological polar surface area (TPSA) is 37.3 Å². The van der Waals surface area contributed by atoms with Gasteiger partial charge in [-0.05, 0) is 25.0 Å². The highest BCUT2D eigenvalue weighted by atomic mass is 16.3. The maximum absolute atomic E-state index is 11.9. The summed E-state index contributed by atoms with van der Waals surface area (Å²) in [5.74, 6) is 0.373. The molecule has 0 aromatic heterocycles. The first-order valence-corrected chi connectivity index (χ1v) is 6.03. The van der Waals surface area contributed by atoms with Crippen LogP contribution in [-0.2, 0) is 6.42 Å². The highest BCUT2D eigenvalue weighted by Crippen LogP contribution is 2.20. The number of carbonyl (C=O) groups excluding carboxylic acids is 1. The van der Waals surface area contributed by atoms with Crippen LogP contribution in [0.5, 0.6) is 5.75 Å². The van der Waals surface area contributed by atoms with Crippen molar-refractivity contribution in [1.82, 2.24) is 0 Å². The number of aryl methyl sites for hydroxylation is 2. The highest BCUT2D eigenvalue weighted by Gasteiger charge is 2.07. The lowest BCUT2D eigenvalue weighted by Crippen LogP contribution is -2.01. The van der Waals surface area contributed by atoms with Gasteiger partial charge in [-0.2, -0.15) is 0 Å².